The number of aromatic nitrogens is 2. The Morgan fingerprint density at radius 1 is 0.837 bits per heavy atom. The lowest BCUT2D eigenvalue weighted by molar-refractivity contribution is -0.143. The molecule has 0 amide bonds. The third-order valence-electron chi connectivity index (χ3n) is 6.92. The molecule has 1 aromatic heterocycles. The average Bonchev–Trinajstić information content (AvgIpc) is 3.34. The van der Waals surface area contributed by atoms with E-state index >= 15 is 0 Å². The van der Waals surface area contributed by atoms with Crippen molar-refractivity contribution >= 4 is 22.7 Å². The maximum atomic E-state index is 12.0. The number of nitrogens with two attached hydrogens (primary N) is 1. The summed E-state index contributed by atoms with van der Waals surface area (Å²) < 4.78 is 30.7. The Morgan fingerprint density at radius 2 is 1.56 bits per heavy atom. The number of carbonyl (C=O) groups is 1. The molecule has 2 N–H and O–H groups in total. The SMILES string of the molecule is CCOC(=O)CCc1ccc(OCc2nc3ccc(Oc4ccc(N)cc4)cc3n2C)cc1OCc1ccc(OC)cc1. The Kier molecular flexibility index (Phi) is 9.31. The van der Waals surface area contributed by atoms with E-state index in [-0.39, 0.29) is 19.0 Å². The predicted molar refractivity (Wildman–Crippen MR) is 165 cm³/mol. The highest BCUT2D eigenvalue weighted by atomic mass is 16.5. The molecule has 0 saturated heterocycles. The largest absolute Gasteiger partial charge is 0.497 e. The van der Waals surface area contributed by atoms with Crippen molar-refractivity contribution in [2.45, 2.75) is 33.0 Å². The van der Waals surface area contributed by atoms with Gasteiger partial charge in [-0.1, -0.05) is 18.2 Å². The average molecular weight is 582 g/mol. The summed E-state index contributed by atoms with van der Waals surface area (Å²) in [4.78, 5) is 16.8. The molecule has 0 aliphatic rings. The maximum absolute atomic E-state index is 12.0. The maximum Gasteiger partial charge on any atom is 0.306 e. The van der Waals surface area contributed by atoms with Crippen molar-refractivity contribution in [3.63, 3.8) is 0 Å². The monoisotopic (exact) mass is 581 g/mol. The van der Waals surface area contributed by atoms with Crippen LogP contribution in [0.15, 0.2) is 84.9 Å². The van der Waals surface area contributed by atoms with E-state index in [0.717, 1.165) is 33.7 Å². The molecule has 43 heavy (non-hydrogen) atoms. The van der Waals surface area contributed by atoms with E-state index in [1.807, 2.05) is 84.4 Å². The zero-order chi connectivity index (χ0) is 30.2. The summed E-state index contributed by atoms with van der Waals surface area (Å²) in [6, 6.07) is 26.4. The first kappa shape index (κ1) is 29.3. The van der Waals surface area contributed by atoms with Gasteiger partial charge in [0.15, 0.2) is 0 Å². The normalized spacial score (nSPS) is 10.9. The number of carbonyl (C=O) groups excluding carboxylic acids is 1. The summed E-state index contributed by atoms with van der Waals surface area (Å²) in [7, 11) is 3.58. The lowest BCUT2D eigenvalue weighted by Crippen LogP contribution is -2.07. The Morgan fingerprint density at radius 3 is 2.30 bits per heavy atom. The number of nitrogens with zero attached hydrogens (tertiary/aromatic N) is 2. The van der Waals surface area contributed by atoms with Crippen molar-refractivity contribution in [2.24, 2.45) is 7.05 Å². The smallest absolute Gasteiger partial charge is 0.306 e. The van der Waals surface area contributed by atoms with E-state index in [9.17, 15) is 4.79 Å². The molecule has 0 aliphatic heterocycles. The highest BCUT2D eigenvalue weighted by Crippen LogP contribution is 2.30. The van der Waals surface area contributed by atoms with E-state index in [0.29, 0.717) is 48.3 Å². The van der Waals surface area contributed by atoms with Gasteiger partial charge in [0.1, 0.15) is 47.8 Å². The highest BCUT2D eigenvalue weighted by Gasteiger charge is 2.13. The van der Waals surface area contributed by atoms with Crippen LogP contribution in [0.3, 0.4) is 0 Å². The predicted octanol–water partition coefficient (Wildman–Crippen LogP) is 6.61. The molecular formula is C34H35N3O6. The number of rotatable bonds is 13. The molecule has 9 nitrogen and oxygen atoms in total. The molecule has 0 fully saturated rings. The second-order valence-corrected chi connectivity index (χ2v) is 9.91. The molecule has 0 unspecified atom stereocenters. The van der Waals surface area contributed by atoms with Gasteiger partial charge in [-0.15, -0.1) is 0 Å². The van der Waals surface area contributed by atoms with Crippen molar-refractivity contribution in [3.05, 3.63) is 102 Å². The van der Waals surface area contributed by atoms with Crippen molar-refractivity contribution in [2.75, 3.05) is 19.5 Å². The molecular weight excluding hydrogens is 546 g/mol. The van der Waals surface area contributed by atoms with Gasteiger partial charge < -0.3 is 34.0 Å². The molecule has 5 aromatic rings. The van der Waals surface area contributed by atoms with E-state index in [2.05, 4.69) is 0 Å². The molecule has 0 spiro atoms. The number of imidazole rings is 1. The van der Waals surface area contributed by atoms with Crippen LogP contribution in [0, 0.1) is 0 Å². The number of fused-ring (bicyclic) bond motifs is 1. The number of nitrogen functional groups attached to an aromatic ring is 1. The molecule has 0 saturated carbocycles. The summed E-state index contributed by atoms with van der Waals surface area (Å²) in [6.07, 6.45) is 0.749. The molecule has 0 aliphatic carbocycles. The van der Waals surface area contributed by atoms with Gasteiger partial charge in [0.2, 0.25) is 0 Å². The number of esters is 1. The number of aryl methyl sites for hydroxylation is 2. The number of ether oxygens (including phenoxy) is 5. The molecule has 0 bridgehead atoms. The Bertz CT molecular complexity index is 1680. The highest BCUT2D eigenvalue weighted by molar-refractivity contribution is 5.78. The first-order chi connectivity index (χ1) is 20.9. The van der Waals surface area contributed by atoms with Gasteiger partial charge in [-0.3, -0.25) is 4.79 Å². The quantitative estimate of drug-likeness (QED) is 0.122. The van der Waals surface area contributed by atoms with Crippen LogP contribution in [-0.2, 0) is 36.2 Å². The molecule has 4 aromatic carbocycles. The third kappa shape index (κ3) is 7.56. The van der Waals surface area contributed by atoms with Crippen molar-refractivity contribution in [1.29, 1.82) is 0 Å². The fraction of sp³-hybridized carbons (Fsp3) is 0.235. The molecule has 0 radical (unpaired) electrons. The fourth-order valence-electron chi connectivity index (χ4n) is 4.55. The van der Waals surface area contributed by atoms with Gasteiger partial charge in [0.25, 0.3) is 0 Å². The summed E-state index contributed by atoms with van der Waals surface area (Å²) in [6.45, 7) is 2.75. The van der Waals surface area contributed by atoms with Crippen LogP contribution < -0.4 is 24.7 Å². The van der Waals surface area contributed by atoms with E-state index in [4.69, 9.17) is 34.4 Å². The second kappa shape index (κ2) is 13.7. The second-order valence-electron chi connectivity index (χ2n) is 9.91. The number of benzene rings is 4. The standard InChI is InChI=1S/C34H35N3O6/c1-4-40-34(38)18-8-24-7-13-28(20-32(24)42-21-23-5-11-26(39-3)12-6-23)41-22-33-36-30-17-16-29(19-31(30)37(33)2)43-27-14-9-25(35)10-15-27/h5-7,9-17,19-20H,4,8,18,21-22,35H2,1-3H3. The fourth-order valence-corrected chi connectivity index (χ4v) is 4.55. The van der Waals surface area contributed by atoms with Crippen LogP contribution in [0.25, 0.3) is 11.0 Å². The number of hydrogen-bond donors (Lipinski definition) is 1. The molecule has 222 valence electrons. The lowest BCUT2D eigenvalue weighted by atomic mass is 10.1. The minimum absolute atomic E-state index is 0.243. The summed E-state index contributed by atoms with van der Waals surface area (Å²) in [5.41, 5.74) is 10.1. The third-order valence-corrected chi connectivity index (χ3v) is 6.92. The zero-order valence-electron chi connectivity index (χ0n) is 24.5. The van der Waals surface area contributed by atoms with E-state index < -0.39 is 0 Å². The summed E-state index contributed by atoms with van der Waals surface area (Å²) >= 11 is 0. The molecule has 5 rings (SSSR count). The summed E-state index contributed by atoms with van der Waals surface area (Å²) in [5.74, 6) is 3.97. The first-order valence-electron chi connectivity index (χ1n) is 14.1. The van der Waals surface area contributed by atoms with Crippen LogP contribution in [-0.4, -0.2) is 29.2 Å². The molecule has 9 heteroatoms. The van der Waals surface area contributed by atoms with Crippen molar-refractivity contribution in [1.82, 2.24) is 9.55 Å². The van der Waals surface area contributed by atoms with Crippen LogP contribution in [0.5, 0.6) is 28.7 Å². The van der Waals surface area contributed by atoms with E-state index in [1.54, 1.807) is 26.2 Å². The Balaban J connectivity index is 1.30. The van der Waals surface area contributed by atoms with Gasteiger partial charge in [-0.05, 0) is 79.1 Å². The van der Waals surface area contributed by atoms with Gasteiger partial charge >= 0.3 is 5.97 Å². The van der Waals surface area contributed by atoms with Gasteiger partial charge in [0, 0.05) is 31.3 Å². The number of anilines is 1. The van der Waals surface area contributed by atoms with Crippen molar-refractivity contribution < 1.29 is 28.5 Å². The molecule has 1 heterocycles. The van der Waals surface area contributed by atoms with Gasteiger partial charge in [0.05, 0.1) is 24.8 Å². The lowest BCUT2D eigenvalue weighted by Gasteiger charge is -2.14. The van der Waals surface area contributed by atoms with Crippen molar-refractivity contribution in [3.8, 4) is 28.7 Å². The topological polar surface area (TPSA) is 107 Å². The minimum atomic E-state index is -0.243. The van der Waals surface area contributed by atoms with Crippen LogP contribution >= 0.6 is 0 Å². The van der Waals surface area contributed by atoms with Crippen LogP contribution in [0.1, 0.15) is 30.3 Å². The Labute approximate surface area is 250 Å². The zero-order valence-corrected chi connectivity index (χ0v) is 24.5. The number of hydrogen-bond acceptors (Lipinski definition) is 8. The minimum Gasteiger partial charge on any atom is -0.497 e. The Hall–Kier alpha value is -5.18. The van der Waals surface area contributed by atoms with Gasteiger partial charge in [-0.2, -0.15) is 0 Å². The first-order valence-corrected chi connectivity index (χ1v) is 14.1. The summed E-state index contributed by atoms with van der Waals surface area (Å²) in [5, 5.41) is 0. The van der Waals surface area contributed by atoms with Crippen LogP contribution in [0.4, 0.5) is 5.69 Å². The van der Waals surface area contributed by atoms with E-state index in [1.165, 1.54) is 0 Å². The van der Waals surface area contributed by atoms with Crippen LogP contribution in [0.2, 0.25) is 0 Å². The van der Waals surface area contributed by atoms with Gasteiger partial charge in [-0.25, -0.2) is 4.98 Å². The molecule has 0 atom stereocenters. The number of methoxy groups -OCH3 is 1.